The van der Waals surface area contributed by atoms with E-state index in [0.717, 1.165) is 11.3 Å². The number of aromatic nitrogens is 1. The van der Waals surface area contributed by atoms with Gasteiger partial charge in [-0.2, -0.15) is 0 Å². The molecule has 1 amide bonds. The van der Waals surface area contributed by atoms with E-state index in [2.05, 4.69) is 20.5 Å². The first-order valence-corrected chi connectivity index (χ1v) is 9.51. The number of nitrogens with zero attached hydrogens (tertiary/aromatic N) is 3. The zero-order chi connectivity index (χ0) is 19.2. The molecule has 0 aliphatic carbocycles. The van der Waals surface area contributed by atoms with Gasteiger partial charge in [0.05, 0.1) is 5.69 Å². The normalized spacial score (nSPS) is 10.9. The Bertz CT molecular complexity index is 1090. The maximum atomic E-state index is 12.5. The molecule has 28 heavy (non-hydrogen) atoms. The van der Waals surface area contributed by atoms with Crippen LogP contribution in [0.15, 0.2) is 101 Å². The van der Waals surface area contributed by atoms with Crippen LogP contribution in [-0.4, -0.2) is 10.9 Å². The molecule has 3 aromatic carbocycles. The number of hydrogen-bond acceptors (Lipinski definition) is 5. The number of thiazole rings is 1. The molecule has 0 saturated heterocycles. The Balaban J connectivity index is 1.66. The van der Waals surface area contributed by atoms with Gasteiger partial charge in [0.1, 0.15) is 5.69 Å². The largest absolute Gasteiger partial charge is 0.298 e. The van der Waals surface area contributed by atoms with Gasteiger partial charge in [-0.05, 0) is 24.3 Å². The summed E-state index contributed by atoms with van der Waals surface area (Å²) in [6.45, 7) is 0. The lowest BCUT2D eigenvalue weighted by molar-refractivity contribution is 0.102. The van der Waals surface area contributed by atoms with Crippen LogP contribution >= 0.6 is 11.3 Å². The van der Waals surface area contributed by atoms with E-state index >= 15 is 0 Å². The molecular weight excluding hydrogens is 368 g/mol. The van der Waals surface area contributed by atoms with Gasteiger partial charge in [-0.3, -0.25) is 10.1 Å². The number of benzene rings is 3. The third-order valence-corrected chi connectivity index (χ3v) is 4.78. The molecule has 4 rings (SSSR count). The molecule has 0 spiro atoms. The highest BCUT2D eigenvalue weighted by Crippen LogP contribution is 2.39. The number of carbonyl (C=O) groups is 1. The van der Waals surface area contributed by atoms with E-state index in [1.807, 2.05) is 78.9 Å². The van der Waals surface area contributed by atoms with Crippen molar-refractivity contribution >= 4 is 33.1 Å². The van der Waals surface area contributed by atoms with E-state index in [4.69, 9.17) is 0 Å². The van der Waals surface area contributed by atoms with Crippen LogP contribution < -0.4 is 5.32 Å². The summed E-state index contributed by atoms with van der Waals surface area (Å²) in [6, 6.07) is 28.3. The molecule has 136 valence electrons. The van der Waals surface area contributed by atoms with Gasteiger partial charge in [0.25, 0.3) is 5.91 Å². The van der Waals surface area contributed by atoms with Crippen molar-refractivity contribution < 1.29 is 4.79 Å². The van der Waals surface area contributed by atoms with E-state index in [9.17, 15) is 4.79 Å². The quantitative estimate of drug-likeness (QED) is 0.400. The standard InChI is InChI=1S/C22H16N4OS/c27-20(17-12-6-2-7-13-17)24-22-23-19(16-10-4-1-5-11-16)21(28-22)26-25-18-14-8-3-9-15-18/h1-15H,(H,23,24,27). The van der Waals surface area contributed by atoms with Gasteiger partial charge in [-0.15, -0.1) is 10.2 Å². The first kappa shape index (κ1) is 17.8. The highest BCUT2D eigenvalue weighted by molar-refractivity contribution is 7.19. The Kier molecular flexibility index (Phi) is 5.31. The van der Waals surface area contributed by atoms with Crippen LogP contribution in [0.4, 0.5) is 15.8 Å². The summed E-state index contributed by atoms with van der Waals surface area (Å²) >= 11 is 1.29. The average molecular weight is 384 g/mol. The Morgan fingerprint density at radius 3 is 2.07 bits per heavy atom. The highest BCUT2D eigenvalue weighted by Gasteiger charge is 2.15. The van der Waals surface area contributed by atoms with Crippen molar-refractivity contribution in [1.29, 1.82) is 0 Å². The van der Waals surface area contributed by atoms with E-state index in [1.54, 1.807) is 12.1 Å². The van der Waals surface area contributed by atoms with E-state index in [-0.39, 0.29) is 5.91 Å². The SMILES string of the molecule is O=C(Nc1nc(-c2ccccc2)c(N=Nc2ccccc2)s1)c1ccccc1. The summed E-state index contributed by atoms with van der Waals surface area (Å²) in [5, 5.41) is 12.7. The third-order valence-electron chi connectivity index (χ3n) is 3.93. The monoisotopic (exact) mass is 384 g/mol. The minimum absolute atomic E-state index is 0.208. The van der Waals surface area contributed by atoms with E-state index in [1.165, 1.54) is 11.3 Å². The number of nitrogens with one attached hydrogen (secondary N) is 1. The fourth-order valence-corrected chi connectivity index (χ4v) is 3.38. The minimum atomic E-state index is -0.208. The third kappa shape index (κ3) is 4.19. The molecule has 1 N–H and O–H groups in total. The molecule has 1 aromatic heterocycles. The molecule has 1 heterocycles. The fraction of sp³-hybridized carbons (Fsp3) is 0. The zero-order valence-electron chi connectivity index (χ0n) is 14.8. The van der Waals surface area contributed by atoms with Crippen molar-refractivity contribution in [2.24, 2.45) is 10.2 Å². The molecule has 5 nitrogen and oxygen atoms in total. The van der Waals surface area contributed by atoms with Gasteiger partial charge in [0.2, 0.25) is 0 Å². The molecule has 0 fully saturated rings. The topological polar surface area (TPSA) is 66.7 Å². The van der Waals surface area contributed by atoms with Crippen LogP contribution in [0.25, 0.3) is 11.3 Å². The summed E-state index contributed by atoms with van der Waals surface area (Å²) in [5.74, 6) is -0.208. The smallest absolute Gasteiger partial charge is 0.257 e. The van der Waals surface area contributed by atoms with Crippen LogP contribution in [0.5, 0.6) is 0 Å². The van der Waals surface area contributed by atoms with Crippen molar-refractivity contribution in [2.45, 2.75) is 0 Å². The Hall–Kier alpha value is -3.64. The predicted octanol–water partition coefficient (Wildman–Crippen LogP) is 6.48. The number of anilines is 1. The number of azo groups is 1. The molecular formula is C22H16N4OS. The summed E-state index contributed by atoms with van der Waals surface area (Å²) in [4.78, 5) is 17.0. The van der Waals surface area contributed by atoms with Gasteiger partial charge in [-0.1, -0.05) is 78.1 Å². The minimum Gasteiger partial charge on any atom is -0.298 e. The van der Waals surface area contributed by atoms with E-state index < -0.39 is 0 Å². The molecule has 0 aliphatic rings. The van der Waals surface area contributed by atoms with Crippen LogP contribution in [0.3, 0.4) is 0 Å². The van der Waals surface area contributed by atoms with Crippen LogP contribution in [-0.2, 0) is 0 Å². The number of amides is 1. The number of hydrogen-bond donors (Lipinski definition) is 1. The number of carbonyl (C=O) groups excluding carboxylic acids is 1. The van der Waals surface area contributed by atoms with Gasteiger partial charge in [0.15, 0.2) is 10.1 Å². The Morgan fingerprint density at radius 2 is 1.39 bits per heavy atom. The van der Waals surface area contributed by atoms with Gasteiger partial charge >= 0.3 is 0 Å². The van der Waals surface area contributed by atoms with Crippen molar-refractivity contribution in [1.82, 2.24) is 4.98 Å². The average Bonchev–Trinajstić information content (AvgIpc) is 3.17. The number of rotatable bonds is 5. The maximum absolute atomic E-state index is 12.5. The van der Waals surface area contributed by atoms with Gasteiger partial charge < -0.3 is 0 Å². The van der Waals surface area contributed by atoms with Crippen molar-refractivity contribution in [3.63, 3.8) is 0 Å². The van der Waals surface area contributed by atoms with Crippen molar-refractivity contribution in [3.05, 3.63) is 96.6 Å². The molecule has 0 bridgehead atoms. The van der Waals surface area contributed by atoms with E-state index in [0.29, 0.717) is 21.4 Å². The van der Waals surface area contributed by atoms with Gasteiger partial charge in [0, 0.05) is 11.1 Å². The molecule has 0 atom stereocenters. The first-order valence-electron chi connectivity index (χ1n) is 8.69. The lowest BCUT2D eigenvalue weighted by Gasteiger charge is -2.00. The summed E-state index contributed by atoms with van der Waals surface area (Å²) < 4.78 is 0. The van der Waals surface area contributed by atoms with Crippen LogP contribution in [0.1, 0.15) is 10.4 Å². The van der Waals surface area contributed by atoms with Crippen LogP contribution in [0, 0.1) is 0 Å². The van der Waals surface area contributed by atoms with Crippen molar-refractivity contribution in [2.75, 3.05) is 5.32 Å². The Labute approximate surface area is 166 Å². The molecule has 4 aromatic rings. The second-order valence-corrected chi connectivity index (χ2v) is 6.87. The summed E-state index contributed by atoms with van der Waals surface area (Å²) in [5.41, 5.74) is 2.94. The lowest BCUT2D eigenvalue weighted by atomic mass is 10.2. The molecule has 0 unspecified atom stereocenters. The highest BCUT2D eigenvalue weighted by atomic mass is 32.1. The molecule has 6 heteroatoms. The zero-order valence-corrected chi connectivity index (χ0v) is 15.6. The predicted molar refractivity (Wildman–Crippen MR) is 113 cm³/mol. The Morgan fingerprint density at radius 1 is 0.786 bits per heavy atom. The lowest BCUT2D eigenvalue weighted by Crippen LogP contribution is -2.11. The van der Waals surface area contributed by atoms with Gasteiger partial charge in [-0.25, -0.2) is 4.98 Å². The molecule has 0 saturated carbocycles. The van der Waals surface area contributed by atoms with Crippen LogP contribution in [0.2, 0.25) is 0 Å². The summed E-state index contributed by atoms with van der Waals surface area (Å²) in [7, 11) is 0. The van der Waals surface area contributed by atoms with Crippen molar-refractivity contribution in [3.8, 4) is 11.3 Å². The summed E-state index contributed by atoms with van der Waals surface area (Å²) in [6.07, 6.45) is 0. The second-order valence-electron chi connectivity index (χ2n) is 5.89. The maximum Gasteiger partial charge on any atom is 0.257 e. The molecule has 0 radical (unpaired) electrons. The molecule has 0 aliphatic heterocycles. The fourth-order valence-electron chi connectivity index (χ4n) is 2.57. The first-order chi connectivity index (χ1) is 13.8. The second kappa shape index (κ2) is 8.37.